The van der Waals surface area contributed by atoms with Gasteiger partial charge in [0.1, 0.15) is 37.1 Å². The maximum Gasteiger partial charge on any atom is 0.407 e. The third kappa shape index (κ3) is 7.32. The summed E-state index contributed by atoms with van der Waals surface area (Å²) in [7, 11) is 2.53. The molecule has 2 aromatic heterocycles. The van der Waals surface area contributed by atoms with Crippen molar-refractivity contribution >= 4 is 45.8 Å². The number of carbonyl (C=O) groups is 4. The molecule has 3 unspecified atom stereocenters. The summed E-state index contributed by atoms with van der Waals surface area (Å²) < 4.78 is 15.6. The van der Waals surface area contributed by atoms with Crippen LogP contribution in [0.15, 0.2) is 48.7 Å². The first-order valence-electron chi connectivity index (χ1n) is 18.9. The lowest BCUT2D eigenvalue weighted by Crippen LogP contribution is -2.46. The van der Waals surface area contributed by atoms with Gasteiger partial charge in [0.2, 0.25) is 11.8 Å². The Morgan fingerprint density at radius 2 is 1.71 bits per heavy atom. The molecule has 0 aliphatic carbocycles. The number of likely N-dealkylation sites (tertiary alicyclic amines) is 1. The topological polar surface area (TPSA) is 184 Å². The molecule has 4 atom stereocenters. The van der Waals surface area contributed by atoms with Crippen LogP contribution in [-0.2, 0) is 32.2 Å². The average Bonchev–Trinajstić information content (AvgIpc) is 3.94. The summed E-state index contributed by atoms with van der Waals surface area (Å²) in [5.41, 5.74) is 6.50. The molecule has 4 N–H and O–H groups in total. The van der Waals surface area contributed by atoms with Crippen LogP contribution in [0.2, 0.25) is 0 Å². The molecule has 15 nitrogen and oxygen atoms in total. The van der Waals surface area contributed by atoms with E-state index in [1.54, 1.807) is 16.0 Å². The molecule has 0 spiro atoms. The highest BCUT2D eigenvalue weighted by atomic mass is 16.5. The molecule has 2 aliphatic rings. The quantitative estimate of drug-likeness (QED) is 0.132. The summed E-state index contributed by atoms with van der Waals surface area (Å²) in [4.78, 5) is 69.8. The molecular weight excluding hydrogens is 716 g/mol. The molecule has 4 amide bonds. The molecule has 7 rings (SSSR count). The first-order valence-corrected chi connectivity index (χ1v) is 18.9. The van der Waals surface area contributed by atoms with Crippen molar-refractivity contribution in [2.75, 3.05) is 27.3 Å². The van der Waals surface area contributed by atoms with Crippen molar-refractivity contribution in [3.63, 3.8) is 0 Å². The van der Waals surface area contributed by atoms with Crippen LogP contribution in [0.4, 0.5) is 9.59 Å². The zero-order chi connectivity index (χ0) is 39.8. The summed E-state index contributed by atoms with van der Waals surface area (Å²) in [5.74, 6) is 2.10. The van der Waals surface area contributed by atoms with Crippen LogP contribution in [0.5, 0.6) is 5.75 Å². The summed E-state index contributed by atoms with van der Waals surface area (Å²) >= 11 is 0. The number of benzene rings is 3. The van der Waals surface area contributed by atoms with Gasteiger partial charge >= 0.3 is 12.2 Å². The molecule has 5 aromatic rings. The molecule has 0 radical (unpaired) electrons. The average molecular weight is 765 g/mol. The number of fused-ring (bicyclic) bond motifs is 6. The lowest BCUT2D eigenvalue weighted by Gasteiger charge is -2.31. The Hall–Kier alpha value is -6.12. The second-order valence-corrected chi connectivity index (χ2v) is 15.0. The number of methoxy groups -OCH3 is 2. The van der Waals surface area contributed by atoms with Crippen LogP contribution < -0.4 is 15.4 Å². The number of H-pyrrole nitrogens is 2. The second-order valence-electron chi connectivity index (χ2n) is 15.0. The van der Waals surface area contributed by atoms with Crippen LogP contribution in [0.25, 0.3) is 44.2 Å². The first-order chi connectivity index (χ1) is 26.9. The van der Waals surface area contributed by atoms with E-state index in [1.165, 1.54) is 14.2 Å². The van der Waals surface area contributed by atoms with Gasteiger partial charge in [0, 0.05) is 23.0 Å². The number of hydrogen-bond donors (Lipinski definition) is 4. The molecule has 294 valence electrons. The van der Waals surface area contributed by atoms with Crippen LogP contribution in [0, 0.1) is 11.8 Å². The van der Waals surface area contributed by atoms with E-state index in [9.17, 15) is 19.2 Å². The van der Waals surface area contributed by atoms with Gasteiger partial charge in [-0.3, -0.25) is 9.59 Å². The predicted molar refractivity (Wildman–Crippen MR) is 209 cm³/mol. The number of hydrogen-bond acceptors (Lipinski definition) is 9. The number of rotatable bonds is 10. The van der Waals surface area contributed by atoms with Gasteiger partial charge in [-0.05, 0) is 78.4 Å². The van der Waals surface area contributed by atoms with Gasteiger partial charge in [-0.2, -0.15) is 0 Å². The summed E-state index contributed by atoms with van der Waals surface area (Å²) in [5, 5.41) is 6.92. The van der Waals surface area contributed by atoms with Crippen molar-refractivity contribution in [3.8, 4) is 28.1 Å². The number of aromatic amines is 2. The fourth-order valence-electron chi connectivity index (χ4n) is 7.71. The zero-order valence-corrected chi connectivity index (χ0v) is 32.7. The fourth-order valence-corrected chi connectivity index (χ4v) is 7.71. The highest BCUT2D eigenvalue weighted by Gasteiger charge is 2.41. The Bertz CT molecular complexity index is 2320. The normalized spacial score (nSPS) is 17.9. The molecule has 1 fully saturated rings. The Kier molecular flexibility index (Phi) is 10.6. The van der Waals surface area contributed by atoms with Gasteiger partial charge in [0.05, 0.1) is 49.7 Å². The lowest BCUT2D eigenvalue weighted by atomic mass is 9.92. The minimum absolute atomic E-state index is 0.0218. The molecule has 3 aromatic carbocycles. The van der Waals surface area contributed by atoms with E-state index >= 15 is 0 Å². The lowest BCUT2D eigenvalue weighted by molar-refractivity contribution is -0.134. The van der Waals surface area contributed by atoms with Crippen LogP contribution in [0.1, 0.15) is 64.3 Å². The minimum Gasteiger partial charge on any atom is -0.488 e. The summed E-state index contributed by atoms with van der Waals surface area (Å²) in [6, 6.07) is 14.1. The van der Waals surface area contributed by atoms with E-state index in [0.717, 1.165) is 61.9 Å². The van der Waals surface area contributed by atoms with Gasteiger partial charge in [-0.15, -0.1) is 0 Å². The third-order valence-corrected chi connectivity index (χ3v) is 11.3. The van der Waals surface area contributed by atoms with Gasteiger partial charge in [-0.1, -0.05) is 39.0 Å². The van der Waals surface area contributed by atoms with Crippen molar-refractivity contribution in [1.29, 1.82) is 0 Å². The highest BCUT2D eigenvalue weighted by Crippen LogP contribution is 2.43. The van der Waals surface area contributed by atoms with E-state index < -0.39 is 12.2 Å². The Labute approximate surface area is 324 Å². The molecule has 4 heterocycles. The molecular formula is C41H48N8O7. The number of aromatic nitrogens is 4. The highest BCUT2D eigenvalue weighted by molar-refractivity contribution is 6.07. The molecule has 2 aliphatic heterocycles. The fraction of sp³-hybridized carbons (Fsp3) is 0.415. The number of alkyl carbamates (subject to hydrolysis) is 2. The van der Waals surface area contributed by atoms with E-state index in [2.05, 4.69) is 67.3 Å². The smallest absolute Gasteiger partial charge is 0.407 e. The largest absolute Gasteiger partial charge is 0.488 e. The molecule has 0 bridgehead atoms. The van der Waals surface area contributed by atoms with Crippen LogP contribution in [-0.4, -0.2) is 93.1 Å². The zero-order valence-electron chi connectivity index (χ0n) is 32.7. The van der Waals surface area contributed by atoms with Crippen LogP contribution >= 0.6 is 0 Å². The van der Waals surface area contributed by atoms with Crippen molar-refractivity contribution in [2.45, 2.75) is 72.3 Å². The van der Waals surface area contributed by atoms with Crippen molar-refractivity contribution < 1.29 is 33.4 Å². The van der Waals surface area contributed by atoms with Gasteiger partial charge in [0.25, 0.3) is 0 Å². The number of nitrogens with zero attached hydrogens (tertiary/aromatic N) is 4. The van der Waals surface area contributed by atoms with Gasteiger partial charge < -0.3 is 44.6 Å². The Morgan fingerprint density at radius 1 is 0.964 bits per heavy atom. The molecule has 56 heavy (non-hydrogen) atoms. The minimum atomic E-state index is -0.661. The van der Waals surface area contributed by atoms with Crippen molar-refractivity contribution in [3.05, 3.63) is 65.9 Å². The summed E-state index contributed by atoms with van der Waals surface area (Å²) in [6.07, 6.45) is 1.24. The number of imidazole rings is 2. The summed E-state index contributed by atoms with van der Waals surface area (Å²) in [6.45, 7) is 10.5. The maximum absolute atomic E-state index is 13.2. The Balaban J connectivity index is 1.12. The third-order valence-electron chi connectivity index (χ3n) is 11.3. The van der Waals surface area contributed by atoms with E-state index in [0.29, 0.717) is 18.3 Å². The number of amides is 4. The first kappa shape index (κ1) is 38.2. The number of ether oxygens (including phenoxy) is 3. The number of nitrogens with one attached hydrogen (secondary N) is 4. The van der Waals surface area contributed by atoms with Crippen molar-refractivity contribution in [2.24, 2.45) is 11.8 Å². The standard InChI is InChI=1S/C41H48N8O7/c1-21(2)23(4)48(36(50)17-43-40(52)54-6)19-35-45-31-11-9-25-14-30-28-10-8-26(13-27(28)20-56-34(30)15-29(25)38(31)47-35)32-16-42-39(46-32)33-12-22(3)24(5)49(33)37(51)18-44-41(53)55-7/h8-11,13-16,21-24,33H,12,17-20H2,1-7H3,(H,42,46)(H,43,52)(H,44,53)(H,45,47)/t22?,23-,24?,33?/m0/s1. The molecule has 15 heteroatoms. The predicted octanol–water partition coefficient (Wildman–Crippen LogP) is 6.05. The second kappa shape index (κ2) is 15.6. The van der Waals surface area contributed by atoms with E-state index in [-0.39, 0.29) is 61.4 Å². The SMILES string of the molecule is COC(=O)NCC(=O)N1C(c2ncc(-c3ccc4c(c3)COc3cc5c(ccc6[nH]c(CN(C(=O)CNC(=O)OC)[C@@H](C)C(C)C)nc65)cc3-4)[nH]2)CC(C)C1C. The monoisotopic (exact) mass is 764 g/mol. The van der Waals surface area contributed by atoms with Gasteiger partial charge in [0.15, 0.2) is 0 Å². The van der Waals surface area contributed by atoms with Gasteiger partial charge in [-0.25, -0.2) is 19.6 Å². The molecule has 0 saturated carbocycles. The Morgan fingerprint density at radius 3 is 2.45 bits per heavy atom. The van der Waals surface area contributed by atoms with Crippen LogP contribution in [0.3, 0.4) is 0 Å². The van der Waals surface area contributed by atoms with E-state index in [4.69, 9.17) is 14.7 Å². The maximum atomic E-state index is 13.2. The molecule has 1 saturated heterocycles. The number of carbonyl (C=O) groups excluding carboxylic acids is 4. The van der Waals surface area contributed by atoms with E-state index in [1.807, 2.05) is 39.8 Å². The van der Waals surface area contributed by atoms with Crippen molar-refractivity contribution in [1.82, 2.24) is 40.4 Å².